The van der Waals surface area contributed by atoms with Gasteiger partial charge >= 0.3 is 31.4 Å². The molecule has 0 spiro atoms. The number of benzene rings is 1. The lowest BCUT2D eigenvalue weighted by molar-refractivity contribution is -0.142. The van der Waals surface area contributed by atoms with Gasteiger partial charge in [0.2, 0.25) is 0 Å². The van der Waals surface area contributed by atoms with Crippen LogP contribution in [0.3, 0.4) is 0 Å². The number of rotatable bonds is 2. The molecular weight excluding hydrogens is 272 g/mol. The predicted molar refractivity (Wildman–Crippen MR) is 66.0 cm³/mol. The molecule has 7 radical (unpaired) electrons. The molecule has 15 heavy (non-hydrogen) atoms. The molecule has 0 aliphatic carbocycles. The highest BCUT2D eigenvalue weighted by Gasteiger charge is 2.28. The van der Waals surface area contributed by atoms with Crippen molar-refractivity contribution in [2.24, 2.45) is 5.92 Å². The van der Waals surface area contributed by atoms with Gasteiger partial charge in [-0.1, -0.05) is 18.2 Å². The van der Waals surface area contributed by atoms with Gasteiger partial charge in [0, 0.05) is 12.1 Å². The van der Waals surface area contributed by atoms with E-state index in [9.17, 15) is 4.79 Å². The molecular formula is C10H14BrMgO3+2. The summed E-state index contributed by atoms with van der Waals surface area (Å²) in [6, 6.07) is 10.3. The molecule has 1 atom stereocenters. The van der Waals surface area contributed by atoms with Gasteiger partial charge in [0.15, 0.2) is 0 Å². The van der Waals surface area contributed by atoms with Gasteiger partial charge in [0.1, 0.15) is 0 Å². The van der Waals surface area contributed by atoms with Crippen molar-refractivity contribution in [2.75, 3.05) is 6.61 Å². The van der Waals surface area contributed by atoms with Crippen LogP contribution in [0.2, 0.25) is 0 Å². The van der Waals surface area contributed by atoms with Gasteiger partial charge in [0.05, 0.1) is 12.5 Å². The summed E-state index contributed by atoms with van der Waals surface area (Å²) in [4.78, 5) is 9.77. The van der Waals surface area contributed by atoms with Gasteiger partial charge in [0.25, 0.3) is 0 Å². The summed E-state index contributed by atoms with van der Waals surface area (Å²) < 4.78 is 1.35. The van der Waals surface area contributed by atoms with E-state index >= 15 is 0 Å². The van der Waals surface area contributed by atoms with Crippen molar-refractivity contribution in [3.63, 3.8) is 0 Å². The topological polar surface area (TPSA) is 57.5 Å². The Bertz CT molecular complexity index is 267. The smallest absolute Gasteiger partial charge is 0.481 e. The van der Waals surface area contributed by atoms with Gasteiger partial charge in [-0.05, 0) is 6.92 Å². The Kier molecular flexibility index (Phi) is 12.0. The second-order valence-electron chi connectivity index (χ2n) is 2.91. The van der Waals surface area contributed by atoms with Crippen LogP contribution in [0.4, 0.5) is 0 Å². The van der Waals surface area contributed by atoms with Crippen LogP contribution in [-0.4, -0.2) is 44.5 Å². The van der Waals surface area contributed by atoms with Gasteiger partial charge in [-0.25, -0.2) is 0 Å². The third-order valence-electron chi connectivity index (χ3n) is 1.54. The minimum Gasteiger partial charge on any atom is -0.481 e. The van der Waals surface area contributed by atoms with Crippen molar-refractivity contribution in [1.29, 1.82) is 0 Å². The number of aliphatic carboxylic acids is 1. The Labute approximate surface area is 113 Å². The summed E-state index contributed by atoms with van der Waals surface area (Å²) in [6.45, 7) is 1.16. The zero-order chi connectivity index (χ0) is 11.0. The summed E-state index contributed by atoms with van der Waals surface area (Å²) in [5.41, 5.74) is 0. The highest BCUT2D eigenvalue weighted by atomic mass is 79.9. The van der Waals surface area contributed by atoms with Gasteiger partial charge in [-0.3, -0.25) is 4.79 Å². The largest absolute Gasteiger partial charge is 1.47 e. The van der Waals surface area contributed by atoms with Crippen LogP contribution in [0, 0.1) is 5.92 Å². The Morgan fingerprint density at radius 3 is 2.00 bits per heavy atom. The fraction of sp³-hybridized carbons (Fsp3) is 0.300. The second-order valence-corrected chi connectivity index (χ2v) is 3.72. The van der Waals surface area contributed by atoms with Crippen LogP contribution in [0.25, 0.3) is 0 Å². The molecule has 0 fully saturated rings. The van der Waals surface area contributed by atoms with Crippen molar-refractivity contribution < 1.29 is 15.0 Å². The summed E-state index contributed by atoms with van der Waals surface area (Å²) in [5, 5.41) is 16.1. The number of carboxylic acid groups (broad SMARTS) is 1. The molecule has 0 bridgehead atoms. The van der Waals surface area contributed by atoms with Gasteiger partial charge in [-0.2, -0.15) is 0 Å². The first-order valence-corrected chi connectivity index (χ1v) is 4.99. The molecule has 0 amide bonds. The molecule has 0 heterocycles. The maximum atomic E-state index is 9.77. The molecule has 1 aromatic carbocycles. The Hall–Kier alpha value is -0.104. The zero-order valence-electron chi connectivity index (χ0n) is 8.59. The number of hydrogen-bond donors (Lipinski definition) is 2. The first-order valence-electron chi connectivity index (χ1n) is 4.28. The molecule has 1 unspecified atom stereocenters. The van der Waals surface area contributed by atoms with E-state index in [1.54, 1.807) is 0 Å². The molecule has 0 aliphatic rings. The minimum atomic E-state index is -0.956. The molecule has 0 aliphatic heterocycles. The summed E-state index contributed by atoms with van der Waals surface area (Å²) in [6.07, 6.45) is 0. The fourth-order valence-corrected chi connectivity index (χ4v) is 0.828. The molecule has 5 heteroatoms. The van der Waals surface area contributed by atoms with E-state index in [0.29, 0.717) is 0 Å². The number of hydrogen-bond acceptors (Lipinski definition) is 2. The molecule has 79 valence electrons. The Morgan fingerprint density at radius 2 is 1.87 bits per heavy atom. The van der Waals surface area contributed by atoms with Crippen LogP contribution in [0.1, 0.15) is 6.92 Å². The molecule has 1 rings (SSSR count). The first-order chi connectivity index (χ1) is 6.57. The van der Waals surface area contributed by atoms with E-state index < -0.39 is 11.9 Å². The number of aliphatic hydroxyl groups is 1. The molecule has 1 aromatic rings. The van der Waals surface area contributed by atoms with Crippen LogP contribution in [0.15, 0.2) is 30.3 Å². The third kappa shape index (κ3) is 10.2. The average molecular weight is 286 g/mol. The minimum absolute atomic E-state index is 0. The fourth-order valence-electron chi connectivity index (χ4n) is 0.556. The van der Waals surface area contributed by atoms with E-state index in [1.165, 1.54) is 10.6 Å². The molecule has 3 nitrogen and oxygen atoms in total. The Morgan fingerprint density at radius 1 is 1.40 bits per heavy atom. The molecule has 0 saturated carbocycles. The quantitative estimate of drug-likeness (QED) is 0.789. The molecule has 0 saturated heterocycles. The maximum Gasteiger partial charge on any atom is 1.47 e. The monoisotopic (exact) mass is 285 g/mol. The summed E-state index contributed by atoms with van der Waals surface area (Å²) in [7, 11) is 0. The number of carboxylic acids is 1. The standard InChI is InChI=1S/C6H5.C4H8O3.BrH.Mg/c1-2-4-6-5-3-1;1-3(2-5)4(6)7;;/h1-5H;3,5H,2H2,1H3,(H,6,7);1H;/q;;;+2. The van der Waals surface area contributed by atoms with E-state index in [0.717, 1.165) is 0 Å². The van der Waals surface area contributed by atoms with Gasteiger partial charge < -0.3 is 10.2 Å². The van der Waals surface area contributed by atoms with Crippen molar-refractivity contribution >= 4 is 48.4 Å². The highest BCUT2D eigenvalue weighted by Crippen LogP contribution is 1.88. The van der Waals surface area contributed by atoms with E-state index in [1.807, 2.05) is 39.9 Å². The van der Waals surface area contributed by atoms with Crippen LogP contribution < -0.4 is 3.69 Å². The average Bonchev–Trinajstić information content (AvgIpc) is 2.18. The van der Waals surface area contributed by atoms with E-state index in [-0.39, 0.29) is 23.6 Å². The predicted octanol–water partition coefficient (Wildman–Crippen LogP) is 0.758. The summed E-state index contributed by atoms with van der Waals surface area (Å²) in [5.74, 6) is -1.58. The third-order valence-corrected chi connectivity index (χ3v) is 2.01. The SMILES string of the molecule is Br.CC(CO)C(=O)O.[Mg+2][c]1ccccc1. The van der Waals surface area contributed by atoms with Crippen LogP contribution in [0.5, 0.6) is 0 Å². The van der Waals surface area contributed by atoms with E-state index in [2.05, 4.69) is 12.1 Å². The van der Waals surface area contributed by atoms with Crippen molar-refractivity contribution in [2.45, 2.75) is 6.92 Å². The number of aliphatic hydroxyl groups excluding tert-OH is 1. The van der Waals surface area contributed by atoms with Gasteiger partial charge in [-0.15, -0.1) is 17.0 Å². The normalized spacial score (nSPS) is 10.3. The molecule has 2 N–H and O–H groups in total. The zero-order valence-corrected chi connectivity index (χ0v) is 11.7. The number of carbonyl (C=O) groups is 1. The molecule has 0 aromatic heterocycles. The van der Waals surface area contributed by atoms with Crippen molar-refractivity contribution in [3.05, 3.63) is 30.3 Å². The van der Waals surface area contributed by atoms with Crippen molar-refractivity contribution in [3.8, 4) is 0 Å². The lowest BCUT2D eigenvalue weighted by atomic mass is 10.2. The lowest BCUT2D eigenvalue weighted by Crippen LogP contribution is -2.12. The lowest BCUT2D eigenvalue weighted by Gasteiger charge is -1.95. The second kappa shape index (κ2) is 10.4. The Balaban J connectivity index is 0. The van der Waals surface area contributed by atoms with E-state index in [4.69, 9.17) is 10.2 Å². The summed E-state index contributed by atoms with van der Waals surface area (Å²) >= 11 is 1.90. The van der Waals surface area contributed by atoms with Crippen molar-refractivity contribution in [1.82, 2.24) is 0 Å². The first kappa shape index (κ1) is 17.3. The van der Waals surface area contributed by atoms with Crippen LogP contribution in [-0.2, 0) is 4.79 Å². The maximum absolute atomic E-state index is 9.77. The highest BCUT2D eigenvalue weighted by molar-refractivity contribution is 8.93. The van der Waals surface area contributed by atoms with Crippen LogP contribution >= 0.6 is 17.0 Å². The number of halogens is 1.